The molecule has 1 aliphatic heterocycles. The standard InChI is InChI=1S/C14H14FNO4S/c1-2-6-20-13-8-11(15)3-4-12(13)16-14(17)10-5-7-21(18,19)9-10/h1,3-4,8,10H,5-7,9H2,(H,16,17). The summed E-state index contributed by atoms with van der Waals surface area (Å²) in [6, 6.07) is 3.63. The first-order chi connectivity index (χ1) is 9.91. The van der Waals surface area contributed by atoms with Gasteiger partial charge in [-0.25, -0.2) is 12.8 Å². The smallest absolute Gasteiger partial charge is 0.228 e. The first kappa shape index (κ1) is 15.3. The van der Waals surface area contributed by atoms with E-state index in [1.165, 1.54) is 12.1 Å². The third-order valence-electron chi connectivity index (χ3n) is 3.12. The van der Waals surface area contributed by atoms with E-state index >= 15 is 0 Å². The van der Waals surface area contributed by atoms with Crippen molar-refractivity contribution in [3.8, 4) is 18.1 Å². The van der Waals surface area contributed by atoms with Crippen molar-refractivity contribution in [1.29, 1.82) is 0 Å². The maximum Gasteiger partial charge on any atom is 0.228 e. The summed E-state index contributed by atoms with van der Waals surface area (Å²) in [5.74, 6) is 0.657. The lowest BCUT2D eigenvalue weighted by Gasteiger charge is -2.13. The molecule has 7 heteroatoms. The molecule has 1 aromatic rings. The Kier molecular flexibility index (Phi) is 4.48. The molecule has 0 saturated carbocycles. The van der Waals surface area contributed by atoms with Gasteiger partial charge in [-0.2, -0.15) is 0 Å². The van der Waals surface area contributed by atoms with Crippen molar-refractivity contribution in [2.45, 2.75) is 6.42 Å². The lowest BCUT2D eigenvalue weighted by atomic mass is 10.1. The highest BCUT2D eigenvalue weighted by Crippen LogP contribution is 2.27. The maximum atomic E-state index is 13.2. The number of rotatable bonds is 4. The van der Waals surface area contributed by atoms with Crippen molar-refractivity contribution in [3.05, 3.63) is 24.0 Å². The number of carbonyl (C=O) groups excluding carboxylic acids is 1. The monoisotopic (exact) mass is 311 g/mol. The predicted molar refractivity (Wildman–Crippen MR) is 76.1 cm³/mol. The fourth-order valence-electron chi connectivity index (χ4n) is 2.07. The number of ether oxygens (including phenoxy) is 1. The highest BCUT2D eigenvalue weighted by atomic mass is 32.2. The number of terminal acetylenes is 1. The van der Waals surface area contributed by atoms with Crippen LogP contribution in [-0.4, -0.2) is 32.4 Å². The molecule has 0 radical (unpaired) electrons. The highest BCUT2D eigenvalue weighted by Gasteiger charge is 2.33. The Hall–Kier alpha value is -2.07. The summed E-state index contributed by atoms with van der Waals surface area (Å²) >= 11 is 0. The summed E-state index contributed by atoms with van der Waals surface area (Å²) < 4.78 is 41.1. The van der Waals surface area contributed by atoms with E-state index in [1.807, 2.05) is 0 Å². The molecular weight excluding hydrogens is 297 g/mol. The molecule has 0 aliphatic carbocycles. The topological polar surface area (TPSA) is 72.5 Å². The molecule has 1 aliphatic rings. The molecular formula is C14H14FNO4S. The van der Waals surface area contributed by atoms with Crippen LogP contribution in [0.25, 0.3) is 0 Å². The van der Waals surface area contributed by atoms with Crippen LogP contribution in [0.15, 0.2) is 18.2 Å². The molecule has 1 aromatic carbocycles. The van der Waals surface area contributed by atoms with Gasteiger partial charge in [-0.15, -0.1) is 6.42 Å². The molecule has 1 N–H and O–H groups in total. The molecule has 1 saturated heterocycles. The van der Waals surface area contributed by atoms with Gasteiger partial charge in [-0.3, -0.25) is 4.79 Å². The third kappa shape index (κ3) is 3.95. The van der Waals surface area contributed by atoms with Crippen LogP contribution in [0.5, 0.6) is 5.75 Å². The van der Waals surface area contributed by atoms with E-state index < -0.39 is 27.5 Å². The lowest BCUT2D eigenvalue weighted by molar-refractivity contribution is -0.119. The Balaban J connectivity index is 2.12. The van der Waals surface area contributed by atoms with E-state index in [0.717, 1.165) is 6.07 Å². The Morgan fingerprint density at radius 2 is 2.29 bits per heavy atom. The normalized spacial score (nSPS) is 19.7. The summed E-state index contributed by atoms with van der Waals surface area (Å²) in [5, 5.41) is 2.56. The van der Waals surface area contributed by atoms with Gasteiger partial charge in [0.15, 0.2) is 9.84 Å². The second-order valence-electron chi connectivity index (χ2n) is 4.72. The van der Waals surface area contributed by atoms with Crippen LogP contribution in [0.3, 0.4) is 0 Å². The second kappa shape index (κ2) is 6.14. The Labute approximate surface area is 122 Å². The number of sulfone groups is 1. The molecule has 0 bridgehead atoms. The first-order valence-corrected chi connectivity index (χ1v) is 8.10. The molecule has 1 unspecified atom stereocenters. The summed E-state index contributed by atoms with van der Waals surface area (Å²) in [6.45, 7) is -0.0653. The van der Waals surface area contributed by atoms with Gasteiger partial charge in [0.2, 0.25) is 5.91 Å². The second-order valence-corrected chi connectivity index (χ2v) is 6.95. The van der Waals surface area contributed by atoms with Gasteiger partial charge in [0.05, 0.1) is 23.1 Å². The number of amides is 1. The molecule has 21 heavy (non-hydrogen) atoms. The van der Waals surface area contributed by atoms with E-state index in [9.17, 15) is 17.6 Å². The minimum Gasteiger partial charge on any atom is -0.479 e. The number of carbonyl (C=O) groups is 1. The molecule has 1 amide bonds. The summed E-state index contributed by atoms with van der Waals surface area (Å²) in [5.41, 5.74) is 0.265. The number of benzene rings is 1. The van der Waals surface area contributed by atoms with Crippen LogP contribution < -0.4 is 10.1 Å². The molecule has 2 rings (SSSR count). The summed E-state index contributed by atoms with van der Waals surface area (Å²) in [4.78, 5) is 12.0. The zero-order chi connectivity index (χ0) is 15.5. The van der Waals surface area contributed by atoms with Crippen LogP contribution in [0.1, 0.15) is 6.42 Å². The van der Waals surface area contributed by atoms with Crippen molar-refractivity contribution in [1.82, 2.24) is 0 Å². The van der Waals surface area contributed by atoms with Gasteiger partial charge in [0.1, 0.15) is 18.2 Å². The number of hydrogen-bond donors (Lipinski definition) is 1. The van der Waals surface area contributed by atoms with Crippen LogP contribution in [0.2, 0.25) is 0 Å². The van der Waals surface area contributed by atoms with Crippen LogP contribution in [0, 0.1) is 24.1 Å². The van der Waals surface area contributed by atoms with E-state index in [-0.39, 0.29) is 36.0 Å². The Bertz CT molecular complexity index is 693. The summed E-state index contributed by atoms with van der Waals surface area (Å²) in [6.07, 6.45) is 5.36. The van der Waals surface area contributed by atoms with E-state index in [4.69, 9.17) is 11.2 Å². The highest BCUT2D eigenvalue weighted by molar-refractivity contribution is 7.91. The van der Waals surface area contributed by atoms with E-state index in [0.29, 0.717) is 0 Å². The molecule has 5 nitrogen and oxygen atoms in total. The quantitative estimate of drug-likeness (QED) is 0.848. The van der Waals surface area contributed by atoms with Crippen LogP contribution >= 0.6 is 0 Å². The van der Waals surface area contributed by atoms with Crippen molar-refractivity contribution < 1.29 is 22.3 Å². The number of anilines is 1. The zero-order valence-corrected chi connectivity index (χ0v) is 12.0. The Morgan fingerprint density at radius 1 is 1.52 bits per heavy atom. The SMILES string of the molecule is C#CCOc1cc(F)ccc1NC(=O)C1CCS(=O)(=O)C1. The average molecular weight is 311 g/mol. The van der Waals surface area contributed by atoms with Crippen molar-refractivity contribution in [2.75, 3.05) is 23.4 Å². The molecule has 1 heterocycles. The largest absolute Gasteiger partial charge is 0.479 e. The third-order valence-corrected chi connectivity index (χ3v) is 4.88. The number of halogens is 1. The Morgan fingerprint density at radius 3 is 2.90 bits per heavy atom. The minimum absolute atomic E-state index is 0.00888. The fraction of sp³-hybridized carbons (Fsp3) is 0.357. The van der Waals surface area contributed by atoms with Gasteiger partial charge in [0, 0.05) is 6.07 Å². The van der Waals surface area contributed by atoms with Gasteiger partial charge in [-0.05, 0) is 18.6 Å². The molecule has 0 aromatic heterocycles. The molecule has 0 spiro atoms. The van der Waals surface area contributed by atoms with E-state index in [2.05, 4.69) is 11.2 Å². The fourth-order valence-corrected chi connectivity index (χ4v) is 3.82. The van der Waals surface area contributed by atoms with Gasteiger partial charge in [0.25, 0.3) is 0 Å². The zero-order valence-electron chi connectivity index (χ0n) is 11.1. The lowest BCUT2D eigenvalue weighted by Crippen LogP contribution is -2.24. The van der Waals surface area contributed by atoms with Crippen molar-refractivity contribution in [3.63, 3.8) is 0 Å². The van der Waals surface area contributed by atoms with Gasteiger partial charge in [-0.1, -0.05) is 5.92 Å². The first-order valence-electron chi connectivity index (χ1n) is 6.28. The summed E-state index contributed by atoms with van der Waals surface area (Å²) in [7, 11) is -3.14. The number of hydrogen-bond acceptors (Lipinski definition) is 4. The maximum absolute atomic E-state index is 13.2. The predicted octanol–water partition coefficient (Wildman–Crippen LogP) is 1.21. The van der Waals surface area contributed by atoms with E-state index in [1.54, 1.807) is 0 Å². The van der Waals surface area contributed by atoms with Crippen molar-refractivity contribution in [2.24, 2.45) is 5.92 Å². The van der Waals surface area contributed by atoms with Crippen LogP contribution in [0.4, 0.5) is 10.1 Å². The molecule has 1 atom stereocenters. The minimum atomic E-state index is -3.14. The van der Waals surface area contributed by atoms with Gasteiger partial charge >= 0.3 is 0 Å². The molecule has 112 valence electrons. The van der Waals surface area contributed by atoms with Crippen molar-refractivity contribution >= 4 is 21.4 Å². The average Bonchev–Trinajstić information content (AvgIpc) is 2.79. The number of nitrogens with one attached hydrogen (secondary N) is 1. The van der Waals surface area contributed by atoms with Crippen LogP contribution in [-0.2, 0) is 14.6 Å². The molecule has 1 fully saturated rings. The van der Waals surface area contributed by atoms with Gasteiger partial charge < -0.3 is 10.1 Å².